The van der Waals surface area contributed by atoms with Crippen LogP contribution in [0.4, 0.5) is 0 Å². The van der Waals surface area contributed by atoms with E-state index in [9.17, 15) is 4.79 Å². The first kappa shape index (κ1) is 16.9. The average molecular weight is 273 g/mol. The summed E-state index contributed by atoms with van der Waals surface area (Å²) >= 11 is 0. The monoisotopic (exact) mass is 273 g/mol. The Morgan fingerprint density at radius 2 is 1.93 bits per heavy atom. The van der Waals surface area contributed by atoms with E-state index in [0.717, 1.165) is 31.8 Å². The van der Waals surface area contributed by atoms with E-state index >= 15 is 0 Å². The largest absolute Gasteiger partial charge is 3.00 e. The fourth-order valence-electron chi connectivity index (χ4n) is 1.10. The van der Waals surface area contributed by atoms with Crippen LogP contribution in [0.25, 0.3) is 0 Å². The Morgan fingerprint density at radius 1 is 1.50 bits per heavy atom. The molecule has 0 aromatic carbocycles. The smallest absolute Gasteiger partial charge is 0.581 e. The van der Waals surface area contributed by atoms with E-state index in [4.69, 9.17) is 0 Å². The quantitative estimate of drug-likeness (QED) is 0.712. The van der Waals surface area contributed by atoms with Crippen molar-refractivity contribution in [2.24, 2.45) is 5.92 Å². The third-order valence-electron chi connectivity index (χ3n) is 2.06. The fourth-order valence-corrected chi connectivity index (χ4v) is 1.10. The topological polar surface area (TPSA) is 29.5 Å². The molecule has 0 radical (unpaired) electrons. The average Bonchev–Trinajstić information content (AvgIpc) is 2.19. The molecule has 0 N–H and O–H groups in total. The number of ether oxygens (including phenoxy) is 1. The summed E-state index contributed by atoms with van der Waals surface area (Å²) < 4.78 is 4.18. The predicted octanol–water partition coefficient (Wildman–Crippen LogP) is 1.41. The zero-order valence-corrected chi connectivity index (χ0v) is 11.7. The number of hydrogen-bond donors (Lipinski definition) is 0. The summed E-state index contributed by atoms with van der Waals surface area (Å²) in [6.45, 7) is 7.82. The van der Waals surface area contributed by atoms with Gasteiger partial charge >= 0.3 is 32.7 Å². The van der Waals surface area contributed by atoms with Gasteiger partial charge in [-0.1, -0.05) is 6.92 Å². The van der Waals surface area contributed by atoms with Crippen molar-refractivity contribution >= 4 is 6.41 Å². The van der Waals surface area contributed by atoms with Crippen LogP contribution in [0, 0.1) is 20.0 Å². The first-order valence-corrected chi connectivity index (χ1v) is 4.53. The van der Waals surface area contributed by atoms with Gasteiger partial charge in [0.25, 0.3) is 0 Å². The molecule has 1 saturated heterocycles. The van der Waals surface area contributed by atoms with E-state index in [1.165, 1.54) is 0 Å². The zero-order valence-electron chi connectivity index (χ0n) is 8.87. The molecule has 1 amide bonds. The van der Waals surface area contributed by atoms with Gasteiger partial charge in [0.05, 0.1) is 0 Å². The Hall–Kier alpha value is 0.534. The van der Waals surface area contributed by atoms with Crippen LogP contribution >= 0.6 is 0 Å². The summed E-state index contributed by atoms with van der Waals surface area (Å²) in [5.41, 5.74) is 0. The first-order chi connectivity index (χ1) is 6.24. The minimum Gasteiger partial charge on any atom is -0.581 e. The summed E-state index contributed by atoms with van der Waals surface area (Å²) in [6, 6.07) is 0. The van der Waals surface area contributed by atoms with Crippen molar-refractivity contribution in [3.63, 3.8) is 0 Å². The molecule has 0 bridgehead atoms. The van der Waals surface area contributed by atoms with Crippen molar-refractivity contribution in [3.8, 4) is 0 Å². The van der Waals surface area contributed by atoms with Crippen LogP contribution in [0.2, 0.25) is 0 Å². The molecule has 78 valence electrons. The molecule has 0 atom stereocenters. The molecule has 1 heterocycles. The van der Waals surface area contributed by atoms with E-state index in [1.54, 1.807) is 4.90 Å². The van der Waals surface area contributed by atoms with E-state index in [0.29, 0.717) is 6.61 Å². The minimum absolute atomic E-state index is 0. The molecule has 4 heteroatoms. The molecule has 3 nitrogen and oxygen atoms in total. The first-order valence-electron chi connectivity index (χ1n) is 4.53. The van der Waals surface area contributed by atoms with Gasteiger partial charge in [0.15, 0.2) is 0 Å². The number of carbonyl (C=O) groups excluding carboxylic acids is 1. The van der Waals surface area contributed by atoms with Gasteiger partial charge in [-0.2, -0.15) is 6.41 Å². The van der Waals surface area contributed by atoms with Crippen molar-refractivity contribution in [1.29, 1.82) is 0 Å². The Bertz CT molecular complexity index is 123. The van der Waals surface area contributed by atoms with E-state index in [-0.39, 0.29) is 32.7 Å². The SMILES string of the molecule is CC1CCN([C-]=O)CC1.[CH2-]CO[CH2-].[Y+3]. The Balaban J connectivity index is 0. The van der Waals surface area contributed by atoms with Gasteiger partial charge in [0.1, 0.15) is 0 Å². The molecule has 0 saturated carbocycles. The van der Waals surface area contributed by atoms with Crippen molar-refractivity contribution in [2.75, 3.05) is 19.7 Å². The van der Waals surface area contributed by atoms with Crippen molar-refractivity contribution in [2.45, 2.75) is 19.8 Å². The van der Waals surface area contributed by atoms with Crippen molar-refractivity contribution in [1.82, 2.24) is 4.90 Å². The van der Waals surface area contributed by atoms with Crippen LogP contribution in [-0.2, 0) is 42.2 Å². The Morgan fingerprint density at radius 3 is 2.21 bits per heavy atom. The molecule has 14 heavy (non-hydrogen) atoms. The second-order valence-corrected chi connectivity index (χ2v) is 3.17. The third-order valence-corrected chi connectivity index (χ3v) is 2.06. The molecule has 0 spiro atoms. The molecular weight excluding hydrogens is 255 g/mol. The number of likely N-dealkylation sites (tertiary alicyclic amines) is 1. The summed E-state index contributed by atoms with van der Waals surface area (Å²) in [4.78, 5) is 11.8. The summed E-state index contributed by atoms with van der Waals surface area (Å²) in [5, 5.41) is 0. The number of piperidine rings is 1. The van der Waals surface area contributed by atoms with E-state index in [2.05, 4.69) is 25.7 Å². The standard InChI is InChI=1S/C7H12NO.C3H6O.Y/c1-7-2-4-8(6-9)5-3-7;1-3-4-2;/h7H,2-5H2,1H3;1-3H2;/q-1;-2;+3. The molecule has 1 aliphatic heterocycles. The molecule has 0 aromatic heterocycles. The van der Waals surface area contributed by atoms with Crippen molar-refractivity contribution < 1.29 is 42.2 Å². The molecule has 0 aromatic rings. The van der Waals surface area contributed by atoms with Crippen LogP contribution in [0.1, 0.15) is 19.8 Å². The number of amides is 1. The number of rotatable bonds is 2. The molecule has 0 aliphatic carbocycles. The van der Waals surface area contributed by atoms with Gasteiger partial charge in [0.2, 0.25) is 0 Å². The molecule has 1 aliphatic rings. The number of nitrogens with zero attached hydrogens (tertiary/aromatic N) is 1. The summed E-state index contributed by atoms with van der Waals surface area (Å²) in [6.07, 6.45) is 4.20. The second kappa shape index (κ2) is 11.6. The van der Waals surface area contributed by atoms with Crippen LogP contribution in [0.3, 0.4) is 0 Å². The normalized spacial score (nSPS) is 16.4. The molecule has 1 rings (SSSR count). The maximum atomic E-state index is 10.1. The molecular formula is C10H18NO2Y. The van der Waals surface area contributed by atoms with Crippen LogP contribution in [0.15, 0.2) is 0 Å². The Labute approximate surface area is 112 Å². The Kier molecular flexibility index (Phi) is 14.1. The zero-order chi connectivity index (χ0) is 10.1. The van der Waals surface area contributed by atoms with Crippen molar-refractivity contribution in [3.05, 3.63) is 14.0 Å². The third kappa shape index (κ3) is 9.10. The summed E-state index contributed by atoms with van der Waals surface area (Å²) in [5.74, 6) is 0.801. The molecule has 0 unspecified atom stereocenters. The van der Waals surface area contributed by atoms with Gasteiger partial charge < -0.3 is 21.4 Å². The molecule has 1 fully saturated rings. The van der Waals surface area contributed by atoms with Gasteiger partial charge in [0, 0.05) is 0 Å². The maximum Gasteiger partial charge on any atom is 3.00 e. The second-order valence-electron chi connectivity index (χ2n) is 3.17. The minimum atomic E-state index is 0. The van der Waals surface area contributed by atoms with Gasteiger partial charge in [-0.05, 0) is 31.8 Å². The fraction of sp³-hybridized carbons (Fsp3) is 0.700. The summed E-state index contributed by atoms with van der Waals surface area (Å²) in [7, 11) is 3.04. The predicted molar refractivity (Wildman–Crippen MR) is 52.3 cm³/mol. The van der Waals surface area contributed by atoms with Crippen LogP contribution in [0.5, 0.6) is 0 Å². The van der Waals surface area contributed by atoms with Gasteiger partial charge in [-0.25, -0.2) is 7.11 Å². The van der Waals surface area contributed by atoms with E-state index < -0.39 is 0 Å². The van der Waals surface area contributed by atoms with Gasteiger partial charge in [-0.15, -0.1) is 6.61 Å². The van der Waals surface area contributed by atoms with Crippen LogP contribution < -0.4 is 0 Å². The van der Waals surface area contributed by atoms with Crippen LogP contribution in [-0.4, -0.2) is 31.0 Å². The van der Waals surface area contributed by atoms with E-state index in [1.807, 2.05) is 6.41 Å². The maximum absolute atomic E-state index is 10.1. The van der Waals surface area contributed by atoms with Gasteiger partial charge in [-0.3, -0.25) is 0 Å². The number of hydrogen-bond acceptors (Lipinski definition) is 2.